The second-order valence-corrected chi connectivity index (χ2v) is 7.45. The number of hydrogen-bond donors (Lipinski definition) is 1. The van der Waals surface area contributed by atoms with Crippen molar-refractivity contribution >= 4 is 35.2 Å². The van der Waals surface area contributed by atoms with E-state index in [9.17, 15) is 9.59 Å². The molecule has 0 saturated heterocycles. The zero-order valence-electron chi connectivity index (χ0n) is 14.8. The van der Waals surface area contributed by atoms with E-state index in [1.165, 1.54) is 17.1 Å². The standard InChI is InChI=1S/C19H20Cl2N2O3/c1-19(2,3)23(17(24)15-10-9-14(20)11-16(15)21)22-18(25)26-12-13-7-5-4-6-8-13/h4-11H,12H2,1-3H3,(H,22,25). The maximum Gasteiger partial charge on any atom is 0.426 e. The summed E-state index contributed by atoms with van der Waals surface area (Å²) in [5.74, 6) is -0.462. The largest absolute Gasteiger partial charge is 0.443 e. The van der Waals surface area contributed by atoms with Crippen LogP contribution in [0.5, 0.6) is 0 Å². The summed E-state index contributed by atoms with van der Waals surface area (Å²) in [5.41, 5.74) is 2.87. The fourth-order valence-corrected chi connectivity index (χ4v) is 2.64. The van der Waals surface area contributed by atoms with Gasteiger partial charge in [0.1, 0.15) is 6.61 Å². The third kappa shape index (κ3) is 5.38. The number of halogens is 2. The Hall–Kier alpha value is -2.24. The van der Waals surface area contributed by atoms with Crippen LogP contribution in [0, 0.1) is 0 Å². The van der Waals surface area contributed by atoms with E-state index in [1.807, 2.05) is 30.3 Å². The van der Waals surface area contributed by atoms with Crippen molar-refractivity contribution in [3.63, 3.8) is 0 Å². The van der Waals surface area contributed by atoms with Gasteiger partial charge in [-0.1, -0.05) is 53.5 Å². The van der Waals surface area contributed by atoms with Crippen molar-refractivity contribution < 1.29 is 14.3 Å². The quantitative estimate of drug-likeness (QED) is 0.738. The number of ether oxygens (including phenoxy) is 1. The monoisotopic (exact) mass is 394 g/mol. The first-order valence-electron chi connectivity index (χ1n) is 7.95. The topological polar surface area (TPSA) is 58.6 Å². The molecule has 0 radical (unpaired) electrons. The maximum absolute atomic E-state index is 12.9. The Bertz CT molecular complexity index is 789. The van der Waals surface area contributed by atoms with Gasteiger partial charge in [0.25, 0.3) is 5.91 Å². The molecule has 0 aliphatic rings. The fourth-order valence-electron chi connectivity index (χ4n) is 2.15. The average Bonchev–Trinajstić information content (AvgIpc) is 2.57. The van der Waals surface area contributed by atoms with Crippen molar-refractivity contribution in [2.24, 2.45) is 0 Å². The zero-order valence-corrected chi connectivity index (χ0v) is 16.3. The fraction of sp³-hybridized carbons (Fsp3) is 0.263. The van der Waals surface area contributed by atoms with Crippen LogP contribution in [0.15, 0.2) is 48.5 Å². The van der Waals surface area contributed by atoms with Crippen molar-refractivity contribution in [2.45, 2.75) is 32.9 Å². The van der Waals surface area contributed by atoms with Crippen LogP contribution in [-0.4, -0.2) is 22.5 Å². The Morgan fingerprint density at radius 2 is 1.73 bits per heavy atom. The highest BCUT2D eigenvalue weighted by Crippen LogP contribution is 2.24. The normalized spacial score (nSPS) is 11.0. The van der Waals surface area contributed by atoms with Crippen molar-refractivity contribution in [3.8, 4) is 0 Å². The lowest BCUT2D eigenvalue weighted by Gasteiger charge is -2.35. The van der Waals surface area contributed by atoms with Crippen LogP contribution in [0.2, 0.25) is 10.0 Å². The van der Waals surface area contributed by atoms with E-state index in [4.69, 9.17) is 27.9 Å². The van der Waals surface area contributed by atoms with E-state index < -0.39 is 17.5 Å². The van der Waals surface area contributed by atoms with Crippen LogP contribution in [-0.2, 0) is 11.3 Å². The van der Waals surface area contributed by atoms with Gasteiger partial charge in [-0.15, -0.1) is 0 Å². The van der Waals surface area contributed by atoms with Crippen molar-refractivity contribution in [3.05, 3.63) is 69.7 Å². The van der Waals surface area contributed by atoms with Gasteiger partial charge in [0.2, 0.25) is 0 Å². The molecule has 0 bridgehead atoms. The summed E-state index contributed by atoms with van der Waals surface area (Å²) in [6, 6.07) is 13.8. The molecular weight excluding hydrogens is 375 g/mol. The number of hydrazine groups is 1. The van der Waals surface area contributed by atoms with Gasteiger partial charge in [0.05, 0.1) is 16.1 Å². The van der Waals surface area contributed by atoms with Crippen LogP contribution in [0.3, 0.4) is 0 Å². The summed E-state index contributed by atoms with van der Waals surface area (Å²) in [6.45, 7) is 5.45. The number of hydrogen-bond acceptors (Lipinski definition) is 3. The Kier molecular flexibility index (Phi) is 6.51. The maximum atomic E-state index is 12.9. The number of amides is 2. The lowest BCUT2D eigenvalue weighted by Crippen LogP contribution is -2.56. The molecule has 0 heterocycles. The van der Waals surface area contributed by atoms with Crippen LogP contribution in [0.1, 0.15) is 36.7 Å². The highest BCUT2D eigenvalue weighted by atomic mass is 35.5. The van der Waals surface area contributed by atoms with E-state index in [0.717, 1.165) is 5.56 Å². The Morgan fingerprint density at radius 3 is 2.31 bits per heavy atom. The highest BCUT2D eigenvalue weighted by molar-refractivity contribution is 6.36. The molecular formula is C19H20Cl2N2O3. The molecule has 2 amide bonds. The summed E-state index contributed by atoms with van der Waals surface area (Å²) in [7, 11) is 0. The molecule has 2 rings (SSSR count). The van der Waals surface area contributed by atoms with E-state index in [0.29, 0.717) is 5.02 Å². The minimum atomic E-state index is -0.734. The van der Waals surface area contributed by atoms with Crippen molar-refractivity contribution in [1.29, 1.82) is 0 Å². The van der Waals surface area contributed by atoms with Gasteiger partial charge in [-0.2, -0.15) is 0 Å². The molecule has 26 heavy (non-hydrogen) atoms. The first kappa shape index (κ1) is 20.1. The van der Waals surface area contributed by atoms with Crippen molar-refractivity contribution in [1.82, 2.24) is 10.4 Å². The second kappa shape index (κ2) is 8.43. The molecule has 0 aliphatic carbocycles. The van der Waals surface area contributed by atoms with Gasteiger partial charge in [-0.3, -0.25) is 4.79 Å². The second-order valence-electron chi connectivity index (χ2n) is 6.61. The van der Waals surface area contributed by atoms with Gasteiger partial charge < -0.3 is 4.74 Å². The lowest BCUT2D eigenvalue weighted by atomic mass is 10.1. The predicted octanol–water partition coefficient (Wildman–Crippen LogP) is 5.08. The molecule has 2 aromatic rings. The molecule has 138 valence electrons. The first-order valence-corrected chi connectivity index (χ1v) is 8.71. The molecule has 0 atom stereocenters. The third-order valence-corrected chi connectivity index (χ3v) is 4.00. The Balaban J connectivity index is 2.12. The van der Waals surface area contributed by atoms with Gasteiger partial charge in [-0.05, 0) is 44.5 Å². The molecule has 0 saturated carbocycles. The molecule has 2 aromatic carbocycles. The predicted molar refractivity (Wildman–Crippen MR) is 102 cm³/mol. The molecule has 0 aromatic heterocycles. The van der Waals surface area contributed by atoms with E-state index >= 15 is 0 Å². The minimum Gasteiger partial charge on any atom is -0.443 e. The van der Waals surface area contributed by atoms with Gasteiger partial charge in [0.15, 0.2) is 0 Å². The summed E-state index contributed by atoms with van der Waals surface area (Å²) in [5, 5.41) is 1.82. The van der Waals surface area contributed by atoms with Crippen molar-refractivity contribution in [2.75, 3.05) is 0 Å². The van der Waals surface area contributed by atoms with Crippen LogP contribution in [0.4, 0.5) is 4.79 Å². The van der Waals surface area contributed by atoms with Gasteiger partial charge >= 0.3 is 6.09 Å². The van der Waals surface area contributed by atoms with Crippen LogP contribution < -0.4 is 5.43 Å². The number of nitrogens with zero attached hydrogens (tertiary/aromatic N) is 1. The SMILES string of the molecule is CC(C)(C)N(NC(=O)OCc1ccccc1)C(=O)c1ccc(Cl)cc1Cl. The summed E-state index contributed by atoms with van der Waals surface area (Å²) < 4.78 is 5.19. The average molecular weight is 395 g/mol. The molecule has 0 fully saturated rings. The molecule has 5 nitrogen and oxygen atoms in total. The smallest absolute Gasteiger partial charge is 0.426 e. The number of carbonyl (C=O) groups is 2. The molecule has 0 spiro atoms. The third-order valence-electron chi connectivity index (χ3n) is 3.45. The summed E-state index contributed by atoms with van der Waals surface area (Å²) in [4.78, 5) is 25.0. The molecule has 7 heteroatoms. The minimum absolute atomic E-state index is 0.0978. The Labute approximate surface area is 162 Å². The van der Waals surface area contributed by atoms with Crippen LogP contribution >= 0.6 is 23.2 Å². The lowest BCUT2D eigenvalue weighted by molar-refractivity contribution is 0.0342. The highest BCUT2D eigenvalue weighted by Gasteiger charge is 2.31. The van der Waals surface area contributed by atoms with Gasteiger partial charge in [0, 0.05) is 5.02 Å². The molecule has 0 unspecified atom stereocenters. The summed E-state index contributed by atoms with van der Waals surface area (Å²) >= 11 is 12.0. The number of nitrogens with one attached hydrogen (secondary N) is 1. The van der Waals surface area contributed by atoms with Gasteiger partial charge in [-0.25, -0.2) is 15.2 Å². The number of benzene rings is 2. The number of carbonyl (C=O) groups excluding carboxylic acids is 2. The summed E-state index contributed by atoms with van der Waals surface area (Å²) in [6.07, 6.45) is -0.734. The Morgan fingerprint density at radius 1 is 1.08 bits per heavy atom. The number of rotatable bonds is 3. The van der Waals surface area contributed by atoms with E-state index in [1.54, 1.807) is 26.8 Å². The zero-order chi connectivity index (χ0) is 19.3. The molecule has 1 N–H and O–H groups in total. The van der Waals surface area contributed by atoms with E-state index in [-0.39, 0.29) is 17.2 Å². The first-order chi connectivity index (χ1) is 12.2. The van der Waals surface area contributed by atoms with E-state index in [2.05, 4.69) is 5.43 Å². The van der Waals surface area contributed by atoms with Crippen LogP contribution in [0.25, 0.3) is 0 Å². The molecule has 0 aliphatic heterocycles.